The number of rotatable bonds is 4. The van der Waals surface area contributed by atoms with Crippen molar-refractivity contribution in [3.63, 3.8) is 0 Å². The van der Waals surface area contributed by atoms with Gasteiger partial charge in [-0.2, -0.15) is 0 Å². The number of aryl methyl sites for hydroxylation is 1. The number of hydrogen-bond acceptors (Lipinski definition) is 4. The van der Waals surface area contributed by atoms with Crippen LogP contribution in [-0.2, 0) is 16.6 Å². The fraction of sp³-hybridized carbons (Fsp3) is 0.138. The molecular formula is C29H25N3O4. The molecular weight excluding hydrogens is 454 g/mol. The molecule has 1 unspecified atom stereocenters. The Morgan fingerprint density at radius 2 is 1.39 bits per heavy atom. The van der Waals surface area contributed by atoms with Crippen molar-refractivity contribution in [1.82, 2.24) is 9.36 Å². The second kappa shape index (κ2) is 8.85. The molecule has 2 heterocycles. The van der Waals surface area contributed by atoms with Crippen molar-refractivity contribution in [2.24, 2.45) is 7.05 Å². The second-order valence-corrected chi connectivity index (χ2v) is 8.86. The van der Waals surface area contributed by atoms with E-state index in [4.69, 9.17) is 0 Å². The summed E-state index contributed by atoms with van der Waals surface area (Å²) in [7, 11) is 1.73. The van der Waals surface area contributed by atoms with Crippen LogP contribution in [0.1, 0.15) is 28.4 Å². The number of nitrogens with zero attached hydrogens (tertiary/aromatic N) is 3. The molecule has 0 spiro atoms. The number of carbonyl (C=O) groups excluding carboxylic acids is 2. The number of amides is 1. The van der Waals surface area contributed by atoms with Crippen LogP contribution in [0.3, 0.4) is 0 Å². The third-order valence-corrected chi connectivity index (χ3v) is 6.65. The number of aliphatic hydroxyl groups is 1. The Bertz CT molecular complexity index is 1560. The van der Waals surface area contributed by atoms with E-state index >= 15 is 0 Å². The first-order valence-electron chi connectivity index (χ1n) is 11.6. The lowest BCUT2D eigenvalue weighted by Gasteiger charge is -2.24. The molecule has 0 radical (unpaired) electrons. The summed E-state index contributed by atoms with van der Waals surface area (Å²) in [5.41, 5.74) is 2.79. The lowest BCUT2D eigenvalue weighted by Crippen LogP contribution is -2.34. The van der Waals surface area contributed by atoms with E-state index in [2.05, 4.69) is 0 Å². The molecule has 1 aliphatic heterocycles. The van der Waals surface area contributed by atoms with Gasteiger partial charge in [0.25, 0.3) is 17.2 Å². The van der Waals surface area contributed by atoms with Crippen molar-refractivity contribution in [3.05, 3.63) is 123 Å². The number of Topliss-reactive ketones (excluding diaryl/α,β-unsaturated/α-hetero) is 1. The average Bonchev–Trinajstić information content (AvgIpc) is 3.28. The van der Waals surface area contributed by atoms with Gasteiger partial charge in [0.15, 0.2) is 0 Å². The second-order valence-electron chi connectivity index (χ2n) is 8.86. The van der Waals surface area contributed by atoms with Gasteiger partial charge >= 0.3 is 0 Å². The fourth-order valence-electron chi connectivity index (χ4n) is 4.71. The molecule has 4 aromatic rings. The highest BCUT2D eigenvalue weighted by Gasteiger charge is 2.49. The van der Waals surface area contributed by atoms with Crippen molar-refractivity contribution in [2.45, 2.75) is 19.9 Å². The molecule has 1 amide bonds. The summed E-state index contributed by atoms with van der Waals surface area (Å²) in [6.45, 7) is 3.65. The normalized spacial score (nSPS) is 17.1. The molecule has 36 heavy (non-hydrogen) atoms. The van der Waals surface area contributed by atoms with E-state index in [-0.39, 0.29) is 17.0 Å². The molecule has 7 heteroatoms. The Kier molecular flexibility index (Phi) is 5.68. The van der Waals surface area contributed by atoms with Crippen LogP contribution in [0.4, 0.5) is 5.69 Å². The van der Waals surface area contributed by atoms with Crippen molar-refractivity contribution >= 4 is 23.1 Å². The van der Waals surface area contributed by atoms with Gasteiger partial charge in [-0.25, -0.2) is 4.68 Å². The summed E-state index contributed by atoms with van der Waals surface area (Å²) in [5.74, 6) is -1.97. The highest BCUT2D eigenvalue weighted by molar-refractivity contribution is 6.51. The van der Waals surface area contributed by atoms with Gasteiger partial charge in [-0.05, 0) is 31.5 Å². The zero-order valence-corrected chi connectivity index (χ0v) is 20.2. The minimum absolute atomic E-state index is 0.0519. The lowest BCUT2D eigenvalue weighted by molar-refractivity contribution is -0.132. The van der Waals surface area contributed by atoms with E-state index in [0.29, 0.717) is 22.5 Å². The van der Waals surface area contributed by atoms with Gasteiger partial charge in [0.1, 0.15) is 11.4 Å². The molecule has 1 fully saturated rings. The number of para-hydroxylation sites is 1. The first kappa shape index (κ1) is 23.1. The van der Waals surface area contributed by atoms with Crippen molar-refractivity contribution in [1.29, 1.82) is 0 Å². The average molecular weight is 480 g/mol. The first-order chi connectivity index (χ1) is 17.3. The maximum absolute atomic E-state index is 13.8. The predicted octanol–water partition coefficient (Wildman–Crippen LogP) is 4.42. The topological polar surface area (TPSA) is 84.5 Å². The van der Waals surface area contributed by atoms with Gasteiger partial charge in [0.05, 0.1) is 23.0 Å². The fourth-order valence-corrected chi connectivity index (χ4v) is 4.71. The smallest absolute Gasteiger partial charge is 0.300 e. The third-order valence-electron chi connectivity index (χ3n) is 6.65. The summed E-state index contributed by atoms with van der Waals surface area (Å²) in [4.78, 5) is 41.9. The van der Waals surface area contributed by atoms with Gasteiger partial charge < -0.3 is 5.11 Å². The molecule has 1 saturated heterocycles. The molecule has 0 bridgehead atoms. The molecule has 1 N–H and O–H groups in total. The summed E-state index contributed by atoms with van der Waals surface area (Å²) in [6.07, 6.45) is 0. The Hall–Kier alpha value is -4.65. The largest absolute Gasteiger partial charge is 0.507 e. The van der Waals surface area contributed by atoms with Gasteiger partial charge in [0.2, 0.25) is 0 Å². The number of benzene rings is 3. The van der Waals surface area contributed by atoms with Crippen molar-refractivity contribution in [2.75, 3.05) is 4.90 Å². The molecule has 7 nitrogen and oxygen atoms in total. The van der Waals surface area contributed by atoms with Crippen LogP contribution in [0.2, 0.25) is 0 Å². The first-order valence-corrected chi connectivity index (χ1v) is 11.6. The number of carbonyl (C=O) groups is 2. The molecule has 1 atom stereocenters. The molecule has 180 valence electrons. The summed E-state index contributed by atoms with van der Waals surface area (Å²) < 4.78 is 3.13. The van der Waals surface area contributed by atoms with E-state index < -0.39 is 23.3 Å². The van der Waals surface area contributed by atoms with Gasteiger partial charge in [-0.3, -0.25) is 24.0 Å². The van der Waals surface area contributed by atoms with Crippen LogP contribution >= 0.6 is 0 Å². The van der Waals surface area contributed by atoms with E-state index in [0.717, 1.165) is 5.56 Å². The van der Waals surface area contributed by atoms with Crippen LogP contribution in [0.25, 0.3) is 11.4 Å². The van der Waals surface area contributed by atoms with Crippen LogP contribution in [0.5, 0.6) is 0 Å². The highest BCUT2D eigenvalue weighted by Crippen LogP contribution is 2.42. The quantitative estimate of drug-likeness (QED) is 0.267. The molecule has 0 aliphatic carbocycles. The predicted molar refractivity (Wildman–Crippen MR) is 138 cm³/mol. The molecule has 1 aliphatic rings. The third kappa shape index (κ3) is 3.56. The molecule has 3 aromatic carbocycles. The van der Waals surface area contributed by atoms with E-state index in [1.807, 2.05) is 43.3 Å². The van der Waals surface area contributed by atoms with E-state index in [1.165, 1.54) is 9.58 Å². The maximum atomic E-state index is 13.8. The maximum Gasteiger partial charge on any atom is 0.300 e. The minimum atomic E-state index is -0.967. The Morgan fingerprint density at radius 3 is 2.00 bits per heavy atom. The zero-order chi connectivity index (χ0) is 25.6. The highest BCUT2D eigenvalue weighted by atomic mass is 16.3. The minimum Gasteiger partial charge on any atom is -0.507 e. The van der Waals surface area contributed by atoms with Gasteiger partial charge in [-0.15, -0.1) is 0 Å². The Balaban J connectivity index is 1.77. The SMILES string of the molecule is Cc1ccc(/C(O)=C2\C(=O)C(=O)N(c3c(C)n(C)n(-c4ccccc4)c3=O)C2c2ccccc2)cc1. The number of hydrogen-bond donors (Lipinski definition) is 1. The number of aromatic nitrogens is 2. The van der Waals surface area contributed by atoms with Crippen LogP contribution in [-0.4, -0.2) is 26.2 Å². The van der Waals surface area contributed by atoms with Crippen molar-refractivity contribution < 1.29 is 14.7 Å². The molecule has 1 aromatic heterocycles. The van der Waals surface area contributed by atoms with E-state index in [1.54, 1.807) is 67.2 Å². The Morgan fingerprint density at radius 1 is 0.806 bits per heavy atom. The lowest BCUT2D eigenvalue weighted by atomic mass is 9.95. The zero-order valence-electron chi connectivity index (χ0n) is 20.2. The summed E-state index contributed by atoms with van der Waals surface area (Å²) >= 11 is 0. The van der Waals surface area contributed by atoms with E-state index in [9.17, 15) is 19.5 Å². The van der Waals surface area contributed by atoms with Crippen LogP contribution in [0.15, 0.2) is 95.3 Å². The number of anilines is 1. The number of aliphatic hydroxyl groups excluding tert-OH is 1. The van der Waals surface area contributed by atoms with Crippen molar-refractivity contribution in [3.8, 4) is 5.69 Å². The summed E-state index contributed by atoms with van der Waals surface area (Å²) in [5, 5.41) is 11.3. The number of ketones is 1. The van der Waals surface area contributed by atoms with Crippen LogP contribution < -0.4 is 10.5 Å². The van der Waals surface area contributed by atoms with Crippen LogP contribution in [0, 0.1) is 13.8 Å². The van der Waals surface area contributed by atoms with Gasteiger partial charge in [-0.1, -0.05) is 78.4 Å². The Labute approximate surface area is 208 Å². The molecule has 5 rings (SSSR count). The van der Waals surface area contributed by atoms with Gasteiger partial charge in [0, 0.05) is 12.6 Å². The summed E-state index contributed by atoms with van der Waals surface area (Å²) in [6, 6.07) is 24.1. The monoisotopic (exact) mass is 479 g/mol. The standard InChI is InChI=1S/C29H25N3O4/c1-18-14-16-21(17-15-18)26(33)23-25(20-10-6-4-7-11-20)31(29(36)27(23)34)24-19(2)30(3)32(28(24)35)22-12-8-5-9-13-22/h4-17,25,33H,1-3H3/b26-23+. The molecule has 0 saturated carbocycles.